The van der Waals surface area contributed by atoms with Crippen molar-refractivity contribution in [2.24, 2.45) is 5.92 Å². The second-order valence-electron chi connectivity index (χ2n) is 8.23. The summed E-state index contributed by atoms with van der Waals surface area (Å²) < 4.78 is 5.16. The van der Waals surface area contributed by atoms with E-state index in [9.17, 15) is 14.4 Å². The molecule has 3 rings (SSSR count). The van der Waals surface area contributed by atoms with Gasteiger partial charge in [0.15, 0.2) is 0 Å². The molecule has 1 aromatic heterocycles. The molecule has 2 aromatic rings. The molecule has 1 aliphatic rings. The highest BCUT2D eigenvalue weighted by molar-refractivity contribution is 7.12. The zero-order valence-corrected chi connectivity index (χ0v) is 19.7. The van der Waals surface area contributed by atoms with E-state index in [0.29, 0.717) is 43.9 Å². The summed E-state index contributed by atoms with van der Waals surface area (Å²) in [5.74, 6) is 0.552. The summed E-state index contributed by atoms with van der Waals surface area (Å²) in [5.41, 5.74) is 1.09. The molecule has 3 amide bonds. The molecule has 1 fully saturated rings. The Morgan fingerprint density at radius 1 is 1.03 bits per heavy atom. The number of hydrogen-bond donors (Lipinski definition) is 1. The standard InChI is InChI=1S/C24H31N3O4S/c1-17(2)22(25-23(29)20-5-4-16-32-20)24(30)27-14-12-26(13-15-27)21(28)11-8-18-6-9-19(31-3)10-7-18/h4-7,9-10,16-17,22H,8,11-15H2,1-3H3,(H,25,29). The van der Waals surface area contributed by atoms with Gasteiger partial charge in [-0.25, -0.2) is 0 Å². The average Bonchev–Trinajstić information content (AvgIpc) is 3.36. The SMILES string of the molecule is COc1ccc(CCC(=O)N2CCN(C(=O)C(NC(=O)c3cccs3)C(C)C)CC2)cc1. The number of ether oxygens (including phenoxy) is 1. The highest BCUT2D eigenvalue weighted by Gasteiger charge is 2.31. The predicted molar refractivity (Wildman–Crippen MR) is 125 cm³/mol. The zero-order valence-electron chi connectivity index (χ0n) is 18.9. The van der Waals surface area contributed by atoms with Gasteiger partial charge in [-0.2, -0.15) is 0 Å². The first-order valence-corrected chi connectivity index (χ1v) is 11.8. The number of carbonyl (C=O) groups excluding carboxylic acids is 3. The lowest BCUT2D eigenvalue weighted by atomic mass is 10.0. The van der Waals surface area contributed by atoms with Crippen LogP contribution >= 0.6 is 11.3 Å². The molecule has 1 atom stereocenters. The number of aryl methyl sites for hydroxylation is 1. The molecule has 172 valence electrons. The quantitative estimate of drug-likeness (QED) is 0.661. The summed E-state index contributed by atoms with van der Waals surface area (Å²) in [6.07, 6.45) is 1.11. The Morgan fingerprint density at radius 2 is 1.69 bits per heavy atom. The molecule has 0 radical (unpaired) electrons. The number of amides is 3. The first-order valence-electron chi connectivity index (χ1n) is 10.9. The smallest absolute Gasteiger partial charge is 0.262 e. The molecule has 1 aromatic carbocycles. The Hall–Kier alpha value is -2.87. The van der Waals surface area contributed by atoms with Gasteiger partial charge in [-0.15, -0.1) is 11.3 Å². The summed E-state index contributed by atoms with van der Waals surface area (Å²) in [5, 5.41) is 4.73. The number of thiophene rings is 1. The van der Waals surface area contributed by atoms with Crippen LogP contribution in [0, 0.1) is 5.92 Å². The van der Waals surface area contributed by atoms with E-state index in [4.69, 9.17) is 4.74 Å². The van der Waals surface area contributed by atoms with Crippen LogP contribution in [-0.2, 0) is 16.0 Å². The first kappa shape index (κ1) is 23.8. The molecule has 1 aliphatic heterocycles. The maximum atomic E-state index is 13.1. The lowest BCUT2D eigenvalue weighted by molar-refractivity contribution is -0.141. The van der Waals surface area contributed by atoms with Crippen molar-refractivity contribution in [1.29, 1.82) is 0 Å². The molecule has 32 heavy (non-hydrogen) atoms. The van der Waals surface area contributed by atoms with Crippen LogP contribution in [0.25, 0.3) is 0 Å². The molecule has 0 aliphatic carbocycles. The van der Waals surface area contributed by atoms with Crippen LogP contribution in [0.4, 0.5) is 0 Å². The van der Waals surface area contributed by atoms with Crippen molar-refractivity contribution < 1.29 is 19.1 Å². The zero-order chi connectivity index (χ0) is 23.1. The van der Waals surface area contributed by atoms with E-state index < -0.39 is 6.04 Å². The number of benzene rings is 1. The number of methoxy groups -OCH3 is 1. The lowest BCUT2D eigenvalue weighted by Crippen LogP contribution is -2.57. The van der Waals surface area contributed by atoms with Gasteiger partial charge < -0.3 is 19.9 Å². The fourth-order valence-corrected chi connectivity index (χ4v) is 4.34. The Balaban J connectivity index is 1.48. The molecule has 0 spiro atoms. The van der Waals surface area contributed by atoms with E-state index in [1.165, 1.54) is 11.3 Å². The van der Waals surface area contributed by atoms with Gasteiger partial charge >= 0.3 is 0 Å². The summed E-state index contributed by atoms with van der Waals surface area (Å²) in [6.45, 7) is 5.83. The van der Waals surface area contributed by atoms with Crippen molar-refractivity contribution in [3.05, 3.63) is 52.2 Å². The van der Waals surface area contributed by atoms with Gasteiger partial charge in [-0.05, 0) is 41.5 Å². The molecular weight excluding hydrogens is 426 g/mol. The fourth-order valence-electron chi connectivity index (χ4n) is 3.71. The number of piperazine rings is 1. The van der Waals surface area contributed by atoms with Crippen molar-refractivity contribution >= 4 is 29.1 Å². The number of nitrogens with zero attached hydrogens (tertiary/aromatic N) is 2. The van der Waals surface area contributed by atoms with Gasteiger partial charge in [0, 0.05) is 32.6 Å². The van der Waals surface area contributed by atoms with E-state index in [2.05, 4.69) is 5.32 Å². The number of rotatable bonds is 8. The average molecular weight is 458 g/mol. The first-order chi connectivity index (χ1) is 15.4. The summed E-state index contributed by atoms with van der Waals surface area (Å²) >= 11 is 1.35. The summed E-state index contributed by atoms with van der Waals surface area (Å²) in [6, 6.07) is 10.7. The Labute approximate surface area is 193 Å². The van der Waals surface area contributed by atoms with Crippen LogP contribution in [0.2, 0.25) is 0 Å². The monoisotopic (exact) mass is 457 g/mol. The van der Waals surface area contributed by atoms with Gasteiger partial charge in [-0.1, -0.05) is 32.0 Å². The normalized spacial score (nSPS) is 14.9. The van der Waals surface area contributed by atoms with E-state index in [0.717, 1.165) is 11.3 Å². The molecule has 2 heterocycles. The molecule has 1 unspecified atom stereocenters. The second kappa shape index (κ2) is 11.1. The predicted octanol–water partition coefficient (Wildman–Crippen LogP) is 2.81. The van der Waals surface area contributed by atoms with Gasteiger partial charge in [0.1, 0.15) is 11.8 Å². The maximum Gasteiger partial charge on any atom is 0.262 e. The number of nitrogens with one attached hydrogen (secondary N) is 1. The minimum Gasteiger partial charge on any atom is -0.497 e. The van der Waals surface area contributed by atoms with Crippen molar-refractivity contribution in [2.75, 3.05) is 33.3 Å². The van der Waals surface area contributed by atoms with Crippen molar-refractivity contribution in [1.82, 2.24) is 15.1 Å². The van der Waals surface area contributed by atoms with Crippen LogP contribution in [0.1, 0.15) is 35.5 Å². The molecule has 1 saturated heterocycles. The van der Waals surface area contributed by atoms with Crippen LogP contribution in [-0.4, -0.2) is 66.9 Å². The third kappa shape index (κ3) is 6.09. The topological polar surface area (TPSA) is 79.0 Å². The third-order valence-corrected chi connectivity index (χ3v) is 6.56. The van der Waals surface area contributed by atoms with Crippen molar-refractivity contribution in [3.63, 3.8) is 0 Å². The fraction of sp³-hybridized carbons (Fsp3) is 0.458. The van der Waals surface area contributed by atoms with Gasteiger partial charge in [0.25, 0.3) is 5.91 Å². The minimum absolute atomic E-state index is 0.0319. The second-order valence-corrected chi connectivity index (χ2v) is 9.17. The van der Waals surface area contributed by atoms with Gasteiger partial charge in [0.05, 0.1) is 12.0 Å². The largest absolute Gasteiger partial charge is 0.497 e. The molecule has 8 heteroatoms. The summed E-state index contributed by atoms with van der Waals surface area (Å²) in [4.78, 5) is 42.3. The highest BCUT2D eigenvalue weighted by Crippen LogP contribution is 2.15. The van der Waals surface area contributed by atoms with Crippen LogP contribution in [0.3, 0.4) is 0 Å². The molecule has 7 nitrogen and oxygen atoms in total. The van der Waals surface area contributed by atoms with Crippen LogP contribution < -0.4 is 10.1 Å². The van der Waals surface area contributed by atoms with E-state index in [1.807, 2.05) is 54.5 Å². The van der Waals surface area contributed by atoms with Gasteiger partial charge in [-0.3, -0.25) is 14.4 Å². The minimum atomic E-state index is -0.582. The van der Waals surface area contributed by atoms with Crippen molar-refractivity contribution in [2.45, 2.75) is 32.7 Å². The number of carbonyl (C=O) groups is 3. The van der Waals surface area contributed by atoms with E-state index in [-0.39, 0.29) is 23.6 Å². The van der Waals surface area contributed by atoms with Crippen LogP contribution in [0.15, 0.2) is 41.8 Å². The third-order valence-electron chi connectivity index (χ3n) is 5.69. The molecule has 1 N–H and O–H groups in total. The molecule has 0 bridgehead atoms. The molecular formula is C24H31N3O4S. The van der Waals surface area contributed by atoms with Gasteiger partial charge in [0.2, 0.25) is 11.8 Å². The Bertz CT molecular complexity index is 904. The van der Waals surface area contributed by atoms with E-state index >= 15 is 0 Å². The lowest BCUT2D eigenvalue weighted by Gasteiger charge is -2.37. The summed E-state index contributed by atoms with van der Waals surface area (Å²) in [7, 11) is 1.63. The maximum absolute atomic E-state index is 13.1. The van der Waals surface area contributed by atoms with Crippen LogP contribution in [0.5, 0.6) is 5.75 Å². The van der Waals surface area contributed by atoms with E-state index in [1.54, 1.807) is 18.1 Å². The Kier molecular flexibility index (Phi) is 8.27. The number of hydrogen-bond acceptors (Lipinski definition) is 5. The highest BCUT2D eigenvalue weighted by atomic mass is 32.1. The molecule has 0 saturated carbocycles. The Morgan fingerprint density at radius 3 is 2.25 bits per heavy atom. The van der Waals surface area contributed by atoms with Crippen molar-refractivity contribution in [3.8, 4) is 5.75 Å².